The predicted molar refractivity (Wildman–Crippen MR) is 52.3 cm³/mol. The van der Waals surface area contributed by atoms with Crippen LogP contribution in [0.15, 0.2) is 0 Å². The zero-order valence-corrected chi connectivity index (χ0v) is 8.15. The lowest BCUT2D eigenvalue weighted by Gasteiger charge is -2.11. The highest BCUT2D eigenvalue weighted by molar-refractivity contribution is 5.12. The normalized spacial score (nSPS) is 33.1. The maximum Gasteiger partial charge on any atom is 0.0240 e. The molecule has 2 atom stereocenters. The van der Waals surface area contributed by atoms with Gasteiger partial charge < -0.3 is 0 Å². The van der Waals surface area contributed by atoms with E-state index in [2.05, 4.69) is 30.6 Å². The van der Waals surface area contributed by atoms with Gasteiger partial charge in [-0.1, -0.05) is 18.8 Å². The fourth-order valence-electron chi connectivity index (χ4n) is 1.94. The second-order valence-corrected chi connectivity index (χ2v) is 3.44. The van der Waals surface area contributed by atoms with Crippen molar-refractivity contribution in [2.45, 2.75) is 33.6 Å². The molecule has 1 rings (SSSR count). The van der Waals surface area contributed by atoms with Gasteiger partial charge in [0, 0.05) is 11.8 Å². The lowest BCUT2D eigenvalue weighted by Crippen LogP contribution is -2.07. The van der Waals surface area contributed by atoms with Crippen molar-refractivity contribution < 1.29 is 0 Å². The van der Waals surface area contributed by atoms with Gasteiger partial charge in [0.25, 0.3) is 0 Å². The van der Waals surface area contributed by atoms with E-state index in [1.807, 2.05) is 13.8 Å². The van der Waals surface area contributed by atoms with Crippen LogP contribution in [0.3, 0.4) is 0 Å². The van der Waals surface area contributed by atoms with Crippen LogP contribution >= 0.6 is 0 Å². The topological polar surface area (TPSA) is 0 Å². The summed E-state index contributed by atoms with van der Waals surface area (Å²) in [6.45, 7) is 6.12. The fourth-order valence-corrected chi connectivity index (χ4v) is 1.94. The number of rotatable bonds is 0. The molecule has 0 bridgehead atoms. The van der Waals surface area contributed by atoms with E-state index >= 15 is 0 Å². The third-order valence-electron chi connectivity index (χ3n) is 2.72. The summed E-state index contributed by atoms with van der Waals surface area (Å²) in [5.41, 5.74) is 0. The third kappa shape index (κ3) is 1.83. The summed E-state index contributed by atoms with van der Waals surface area (Å²) in [7, 11) is 0. The first kappa shape index (κ1) is 9.21. The summed E-state index contributed by atoms with van der Waals surface area (Å²) in [5.74, 6) is 14.4. The molecule has 0 N–H and O–H groups in total. The highest BCUT2D eigenvalue weighted by Gasteiger charge is 2.30. The fraction of sp³-hybridized carbons (Fsp3) is 0.667. The van der Waals surface area contributed by atoms with Crippen LogP contribution in [0.2, 0.25) is 0 Å². The second-order valence-electron chi connectivity index (χ2n) is 3.44. The van der Waals surface area contributed by atoms with Crippen LogP contribution in [0.5, 0.6) is 0 Å². The molecular weight excluding hydrogens is 144 g/mol. The van der Waals surface area contributed by atoms with Crippen LogP contribution in [0.25, 0.3) is 0 Å². The molecule has 0 aliphatic heterocycles. The molecule has 0 aromatic rings. The van der Waals surface area contributed by atoms with E-state index in [-0.39, 0.29) is 0 Å². The van der Waals surface area contributed by atoms with E-state index in [0.29, 0.717) is 17.8 Å². The molecule has 64 valence electrons. The van der Waals surface area contributed by atoms with Crippen LogP contribution in [0.4, 0.5) is 0 Å². The molecule has 1 fully saturated rings. The average molecular weight is 160 g/mol. The SMILES string of the molecule is CC#CC1CCC(C#CC)C1C. The zero-order valence-electron chi connectivity index (χ0n) is 8.15. The van der Waals surface area contributed by atoms with Crippen molar-refractivity contribution in [3.05, 3.63) is 0 Å². The van der Waals surface area contributed by atoms with Crippen molar-refractivity contribution >= 4 is 0 Å². The molecule has 0 aromatic carbocycles. The van der Waals surface area contributed by atoms with Crippen LogP contribution in [-0.2, 0) is 0 Å². The van der Waals surface area contributed by atoms with Gasteiger partial charge in [0.15, 0.2) is 0 Å². The van der Waals surface area contributed by atoms with Crippen molar-refractivity contribution in [3.8, 4) is 23.7 Å². The highest BCUT2D eigenvalue weighted by Crippen LogP contribution is 2.35. The van der Waals surface area contributed by atoms with Crippen molar-refractivity contribution in [3.63, 3.8) is 0 Å². The summed E-state index contributed by atoms with van der Waals surface area (Å²) >= 11 is 0. The quantitative estimate of drug-likeness (QED) is 0.478. The number of hydrogen-bond donors (Lipinski definition) is 0. The summed E-state index contributed by atoms with van der Waals surface area (Å²) in [6.07, 6.45) is 2.47. The summed E-state index contributed by atoms with van der Waals surface area (Å²) in [4.78, 5) is 0. The van der Waals surface area contributed by atoms with E-state index in [0.717, 1.165) is 0 Å². The Labute approximate surface area is 75.7 Å². The molecule has 0 amide bonds. The van der Waals surface area contributed by atoms with Crippen molar-refractivity contribution in [2.75, 3.05) is 0 Å². The van der Waals surface area contributed by atoms with Gasteiger partial charge in [0.1, 0.15) is 0 Å². The Bertz CT molecular complexity index is 225. The molecule has 0 radical (unpaired) electrons. The van der Waals surface area contributed by atoms with E-state index < -0.39 is 0 Å². The summed E-state index contributed by atoms with van der Waals surface area (Å²) < 4.78 is 0. The standard InChI is InChI=1S/C12H16/c1-4-6-11-8-9-12(7-5-2)10(11)3/h10-12H,8-9H2,1-3H3. The lowest BCUT2D eigenvalue weighted by molar-refractivity contribution is 0.459. The number of hydrogen-bond acceptors (Lipinski definition) is 0. The zero-order chi connectivity index (χ0) is 8.97. The van der Waals surface area contributed by atoms with E-state index in [4.69, 9.17) is 0 Å². The molecule has 0 heteroatoms. The van der Waals surface area contributed by atoms with Crippen LogP contribution < -0.4 is 0 Å². The molecule has 0 saturated heterocycles. The molecule has 0 nitrogen and oxygen atoms in total. The van der Waals surface area contributed by atoms with Gasteiger partial charge in [-0.05, 0) is 32.6 Å². The van der Waals surface area contributed by atoms with Crippen molar-refractivity contribution in [2.24, 2.45) is 17.8 Å². The van der Waals surface area contributed by atoms with Gasteiger partial charge in [0.05, 0.1) is 0 Å². The minimum Gasteiger partial charge on any atom is -0.106 e. The van der Waals surface area contributed by atoms with Gasteiger partial charge in [-0.25, -0.2) is 0 Å². The monoisotopic (exact) mass is 160 g/mol. The van der Waals surface area contributed by atoms with E-state index in [1.54, 1.807) is 0 Å². The molecule has 12 heavy (non-hydrogen) atoms. The largest absolute Gasteiger partial charge is 0.106 e. The van der Waals surface area contributed by atoms with Gasteiger partial charge >= 0.3 is 0 Å². The Morgan fingerprint density at radius 3 is 1.67 bits per heavy atom. The third-order valence-corrected chi connectivity index (χ3v) is 2.72. The molecule has 0 aromatic heterocycles. The average Bonchev–Trinajstić information content (AvgIpc) is 2.38. The summed E-state index contributed by atoms with van der Waals surface area (Å²) in [5, 5.41) is 0. The maximum atomic E-state index is 3.26. The van der Waals surface area contributed by atoms with Gasteiger partial charge in [0.2, 0.25) is 0 Å². The smallest absolute Gasteiger partial charge is 0.0240 e. The van der Waals surface area contributed by atoms with Gasteiger partial charge in [-0.15, -0.1) is 11.8 Å². The molecule has 1 aliphatic carbocycles. The first-order valence-electron chi connectivity index (χ1n) is 4.64. The Kier molecular flexibility index (Phi) is 3.24. The minimum absolute atomic E-state index is 0.598. The van der Waals surface area contributed by atoms with Crippen LogP contribution in [0, 0.1) is 41.4 Å². The molecule has 0 spiro atoms. The Morgan fingerprint density at radius 2 is 1.33 bits per heavy atom. The van der Waals surface area contributed by atoms with Crippen molar-refractivity contribution in [1.82, 2.24) is 0 Å². The lowest BCUT2D eigenvalue weighted by atomic mass is 9.92. The second kappa shape index (κ2) is 4.22. The van der Waals surface area contributed by atoms with Gasteiger partial charge in [-0.2, -0.15) is 0 Å². The van der Waals surface area contributed by atoms with E-state index in [9.17, 15) is 0 Å². The van der Waals surface area contributed by atoms with Crippen LogP contribution in [0.1, 0.15) is 33.6 Å². The molecule has 2 unspecified atom stereocenters. The highest BCUT2D eigenvalue weighted by atomic mass is 14.3. The Hall–Kier alpha value is -0.880. The van der Waals surface area contributed by atoms with E-state index in [1.165, 1.54) is 12.8 Å². The van der Waals surface area contributed by atoms with Crippen molar-refractivity contribution in [1.29, 1.82) is 0 Å². The maximum absolute atomic E-state index is 3.26. The molecule has 0 heterocycles. The Morgan fingerprint density at radius 1 is 0.917 bits per heavy atom. The molecular formula is C12H16. The first-order chi connectivity index (χ1) is 5.79. The van der Waals surface area contributed by atoms with Gasteiger partial charge in [-0.3, -0.25) is 0 Å². The minimum atomic E-state index is 0.598. The first-order valence-corrected chi connectivity index (χ1v) is 4.64. The molecule has 1 saturated carbocycles. The Balaban J connectivity index is 2.62. The predicted octanol–water partition coefficient (Wildman–Crippen LogP) is 2.70. The summed E-state index contributed by atoms with van der Waals surface area (Å²) in [6, 6.07) is 0. The van der Waals surface area contributed by atoms with Crippen LogP contribution in [-0.4, -0.2) is 0 Å². The molecule has 1 aliphatic rings.